The molecule has 3 N–H and O–H groups in total. The van der Waals surface area contributed by atoms with Crippen molar-refractivity contribution in [3.05, 3.63) is 12.0 Å². The molecule has 0 aromatic carbocycles. The fraction of sp³-hybridized carbons (Fsp3) is 0.750. The van der Waals surface area contributed by atoms with Gasteiger partial charge in [0.1, 0.15) is 0 Å². The van der Waals surface area contributed by atoms with E-state index >= 15 is 0 Å². The minimum atomic E-state index is -0.145. The minimum absolute atomic E-state index is 0.0876. The average Bonchev–Trinajstić information content (AvgIpc) is 2.46. The van der Waals surface area contributed by atoms with Crippen LogP contribution in [0.5, 0.6) is 0 Å². The van der Waals surface area contributed by atoms with Gasteiger partial charge < -0.3 is 20.5 Å². The molecule has 0 saturated heterocycles. The molecule has 2 atom stereocenters. The second kappa shape index (κ2) is 8.17. The predicted molar refractivity (Wildman–Crippen MR) is 89.1 cm³/mol. The van der Waals surface area contributed by atoms with Crippen molar-refractivity contribution in [2.24, 2.45) is 9.98 Å². The van der Waals surface area contributed by atoms with Crippen molar-refractivity contribution in [1.82, 2.24) is 10.6 Å². The first-order valence-corrected chi connectivity index (χ1v) is 8.19. The highest BCUT2D eigenvalue weighted by molar-refractivity contribution is 5.88. The van der Waals surface area contributed by atoms with Gasteiger partial charge in [0.25, 0.3) is 0 Å². The van der Waals surface area contributed by atoms with Gasteiger partial charge in [-0.25, -0.2) is 9.98 Å². The number of methoxy groups -OCH3 is 1. The second-order valence-corrected chi connectivity index (χ2v) is 5.97. The summed E-state index contributed by atoms with van der Waals surface area (Å²) in [5, 5.41) is 16.2. The SMILES string of the molecule is CC/C=N\C(=N/[C@@H](C)C1C=C(OC)N1)NC1CCC(O)CC1. The van der Waals surface area contributed by atoms with E-state index in [0.717, 1.165) is 38.0 Å². The third-order valence-electron chi connectivity index (χ3n) is 4.13. The molecule has 6 nitrogen and oxygen atoms in total. The van der Waals surface area contributed by atoms with Gasteiger partial charge in [0.05, 0.1) is 25.3 Å². The molecule has 6 heteroatoms. The van der Waals surface area contributed by atoms with E-state index in [1.807, 2.05) is 12.3 Å². The molecule has 2 rings (SSSR count). The third-order valence-corrected chi connectivity index (χ3v) is 4.13. The van der Waals surface area contributed by atoms with Crippen LogP contribution in [0.1, 0.15) is 46.0 Å². The number of aliphatic imine (C=N–C) groups is 2. The van der Waals surface area contributed by atoms with Crippen molar-refractivity contribution in [3.8, 4) is 0 Å². The quantitative estimate of drug-likeness (QED) is 0.532. The Kier molecular flexibility index (Phi) is 6.24. The number of rotatable bonds is 5. The van der Waals surface area contributed by atoms with E-state index in [0.29, 0.717) is 12.0 Å². The van der Waals surface area contributed by atoms with Crippen molar-refractivity contribution in [1.29, 1.82) is 0 Å². The molecule has 124 valence electrons. The largest absolute Gasteiger partial charge is 0.483 e. The van der Waals surface area contributed by atoms with Crippen LogP contribution in [0, 0.1) is 0 Å². The Hall–Kier alpha value is -1.56. The lowest BCUT2D eigenvalue weighted by atomic mass is 9.93. The summed E-state index contributed by atoms with van der Waals surface area (Å²) >= 11 is 0. The highest BCUT2D eigenvalue weighted by Gasteiger charge is 2.25. The number of nitrogens with zero attached hydrogens (tertiary/aromatic N) is 2. The monoisotopic (exact) mass is 308 g/mol. The molecule has 0 radical (unpaired) electrons. The van der Waals surface area contributed by atoms with E-state index in [9.17, 15) is 5.11 Å². The minimum Gasteiger partial charge on any atom is -0.483 e. The Morgan fingerprint density at radius 3 is 2.77 bits per heavy atom. The number of hydrogen-bond acceptors (Lipinski definition) is 4. The predicted octanol–water partition coefficient (Wildman–Crippen LogP) is 1.56. The molecule has 1 aliphatic heterocycles. The van der Waals surface area contributed by atoms with Gasteiger partial charge >= 0.3 is 0 Å². The molecule has 1 saturated carbocycles. The lowest BCUT2D eigenvalue weighted by Crippen LogP contribution is -2.45. The summed E-state index contributed by atoms with van der Waals surface area (Å²) in [4.78, 5) is 9.15. The Bertz CT molecular complexity index is 439. The number of guanidine groups is 1. The molecule has 22 heavy (non-hydrogen) atoms. The number of ether oxygens (including phenoxy) is 1. The molecule has 1 fully saturated rings. The zero-order chi connectivity index (χ0) is 15.9. The summed E-state index contributed by atoms with van der Waals surface area (Å²) in [6.07, 6.45) is 8.27. The first-order valence-electron chi connectivity index (χ1n) is 8.19. The van der Waals surface area contributed by atoms with Crippen molar-refractivity contribution < 1.29 is 9.84 Å². The molecular formula is C16H28N4O2. The van der Waals surface area contributed by atoms with Gasteiger partial charge in [-0.1, -0.05) is 6.92 Å². The topological polar surface area (TPSA) is 78.2 Å². The summed E-state index contributed by atoms with van der Waals surface area (Å²) in [5.41, 5.74) is 0. The standard InChI is InChI=1S/C16H28N4O2/c1-4-9-17-16(19-12-5-7-13(21)8-6-12)18-11(2)14-10-15(20-14)22-3/h9-14,20-21H,4-8H2,1-3H3,(H,18,19)/b17-9-/t11-,12?,13?,14?/m0/s1. The third kappa shape index (κ3) is 4.73. The van der Waals surface area contributed by atoms with Crippen LogP contribution >= 0.6 is 0 Å². The molecule has 2 aliphatic rings. The number of aliphatic hydroxyl groups is 1. The van der Waals surface area contributed by atoms with Gasteiger partial charge in [-0.3, -0.25) is 0 Å². The number of aliphatic hydroxyl groups excluding tert-OH is 1. The Morgan fingerprint density at radius 1 is 1.50 bits per heavy atom. The van der Waals surface area contributed by atoms with Gasteiger partial charge in [-0.15, -0.1) is 0 Å². The molecule has 1 heterocycles. The highest BCUT2D eigenvalue weighted by atomic mass is 16.5. The Balaban J connectivity index is 1.94. The van der Waals surface area contributed by atoms with Gasteiger partial charge in [0.2, 0.25) is 5.96 Å². The van der Waals surface area contributed by atoms with E-state index in [4.69, 9.17) is 9.73 Å². The van der Waals surface area contributed by atoms with Gasteiger partial charge in [-0.05, 0) is 45.1 Å². The van der Waals surface area contributed by atoms with Gasteiger partial charge in [0.15, 0.2) is 5.88 Å². The number of hydrogen-bond donors (Lipinski definition) is 3. The normalized spacial score (nSPS) is 30.3. The first kappa shape index (κ1) is 16.8. The smallest absolute Gasteiger partial charge is 0.218 e. The summed E-state index contributed by atoms with van der Waals surface area (Å²) in [7, 11) is 1.65. The van der Waals surface area contributed by atoms with Crippen molar-refractivity contribution in [2.75, 3.05) is 7.11 Å². The molecule has 0 aromatic heterocycles. The Labute approximate surface area is 132 Å². The summed E-state index contributed by atoms with van der Waals surface area (Å²) in [5.74, 6) is 1.50. The molecule has 0 spiro atoms. The molecule has 0 aromatic rings. The van der Waals surface area contributed by atoms with Gasteiger partial charge in [0, 0.05) is 12.3 Å². The van der Waals surface area contributed by atoms with Crippen LogP contribution in [0.4, 0.5) is 0 Å². The van der Waals surface area contributed by atoms with E-state index < -0.39 is 0 Å². The fourth-order valence-electron chi connectivity index (χ4n) is 2.67. The maximum Gasteiger partial charge on any atom is 0.218 e. The van der Waals surface area contributed by atoms with E-state index in [1.54, 1.807) is 7.11 Å². The van der Waals surface area contributed by atoms with Crippen LogP contribution in [-0.2, 0) is 4.74 Å². The van der Waals surface area contributed by atoms with Crippen LogP contribution in [-0.4, -0.2) is 48.6 Å². The Morgan fingerprint density at radius 2 is 2.18 bits per heavy atom. The van der Waals surface area contributed by atoms with Gasteiger partial charge in [-0.2, -0.15) is 0 Å². The molecule has 1 aliphatic carbocycles. The molecule has 1 unspecified atom stereocenters. The van der Waals surface area contributed by atoms with Crippen molar-refractivity contribution in [3.63, 3.8) is 0 Å². The number of nitrogens with one attached hydrogen (secondary N) is 2. The molecule has 0 bridgehead atoms. The summed E-state index contributed by atoms with van der Waals surface area (Å²) in [6.45, 7) is 4.12. The van der Waals surface area contributed by atoms with E-state index in [2.05, 4.69) is 29.5 Å². The van der Waals surface area contributed by atoms with Crippen LogP contribution in [0.2, 0.25) is 0 Å². The van der Waals surface area contributed by atoms with Crippen LogP contribution in [0.15, 0.2) is 21.9 Å². The maximum absolute atomic E-state index is 9.59. The van der Waals surface area contributed by atoms with Crippen LogP contribution < -0.4 is 10.6 Å². The zero-order valence-corrected chi connectivity index (χ0v) is 13.7. The summed E-state index contributed by atoms with van der Waals surface area (Å²) in [6, 6.07) is 0.629. The average molecular weight is 308 g/mol. The van der Waals surface area contributed by atoms with Crippen LogP contribution in [0.3, 0.4) is 0 Å². The van der Waals surface area contributed by atoms with Crippen LogP contribution in [0.25, 0.3) is 0 Å². The summed E-state index contributed by atoms with van der Waals surface area (Å²) < 4.78 is 5.10. The first-order chi connectivity index (χ1) is 10.6. The lowest BCUT2D eigenvalue weighted by molar-refractivity contribution is 0.120. The van der Waals surface area contributed by atoms with Crippen molar-refractivity contribution in [2.45, 2.75) is 70.2 Å². The van der Waals surface area contributed by atoms with E-state index in [-0.39, 0.29) is 18.2 Å². The zero-order valence-electron chi connectivity index (χ0n) is 13.7. The molecule has 0 amide bonds. The maximum atomic E-state index is 9.59. The lowest BCUT2D eigenvalue weighted by Gasteiger charge is -2.30. The van der Waals surface area contributed by atoms with Crippen molar-refractivity contribution >= 4 is 12.2 Å². The second-order valence-electron chi connectivity index (χ2n) is 5.97. The molecular weight excluding hydrogens is 280 g/mol. The highest BCUT2D eigenvalue weighted by Crippen LogP contribution is 2.19. The fourth-order valence-corrected chi connectivity index (χ4v) is 2.67. The van der Waals surface area contributed by atoms with E-state index in [1.165, 1.54) is 0 Å².